The molecular weight excluding hydrogens is 404 g/mol. The molecule has 0 saturated carbocycles. The van der Waals surface area contributed by atoms with Gasteiger partial charge in [0.1, 0.15) is 11.3 Å². The summed E-state index contributed by atoms with van der Waals surface area (Å²) < 4.78 is 5.56. The fourth-order valence-electron chi connectivity index (χ4n) is 4.15. The Balaban J connectivity index is 1.38. The first kappa shape index (κ1) is 20.8. The minimum atomic E-state index is 0.331. The molecule has 9 nitrogen and oxygen atoms in total. The van der Waals surface area contributed by atoms with Crippen molar-refractivity contribution < 1.29 is 4.74 Å². The maximum Gasteiger partial charge on any atom is 0.229 e. The van der Waals surface area contributed by atoms with Gasteiger partial charge >= 0.3 is 0 Å². The van der Waals surface area contributed by atoms with Crippen LogP contribution in [0.4, 0.5) is 23.3 Å². The van der Waals surface area contributed by atoms with E-state index in [0.717, 1.165) is 92.7 Å². The molecule has 5 rings (SSSR count). The van der Waals surface area contributed by atoms with Crippen LogP contribution in [0, 0.1) is 0 Å². The highest BCUT2D eigenvalue weighted by molar-refractivity contribution is 5.89. The van der Waals surface area contributed by atoms with Crippen LogP contribution in [0.1, 0.15) is 31.4 Å². The number of nitrogens with one attached hydrogen (secondary N) is 3. The third kappa shape index (κ3) is 4.58. The number of hydrogen-bond acceptors (Lipinski definition) is 9. The molecule has 32 heavy (non-hydrogen) atoms. The molecule has 3 aromatic heterocycles. The number of ether oxygens (including phenoxy) is 1. The van der Waals surface area contributed by atoms with Gasteiger partial charge in [0, 0.05) is 62.5 Å². The Labute approximate surface area is 188 Å². The summed E-state index contributed by atoms with van der Waals surface area (Å²) >= 11 is 0. The van der Waals surface area contributed by atoms with E-state index in [-0.39, 0.29) is 0 Å². The van der Waals surface area contributed by atoms with E-state index in [0.29, 0.717) is 11.9 Å². The van der Waals surface area contributed by atoms with Crippen molar-refractivity contribution in [2.75, 3.05) is 61.5 Å². The van der Waals surface area contributed by atoms with Gasteiger partial charge in [0.25, 0.3) is 0 Å². The third-order valence-corrected chi connectivity index (χ3v) is 5.95. The second kappa shape index (κ2) is 9.62. The van der Waals surface area contributed by atoms with Gasteiger partial charge in [0.15, 0.2) is 5.82 Å². The van der Waals surface area contributed by atoms with Crippen molar-refractivity contribution in [2.24, 2.45) is 0 Å². The zero-order valence-electron chi connectivity index (χ0n) is 18.5. The number of nitrogens with zero attached hydrogens (tertiary/aromatic N) is 5. The predicted molar refractivity (Wildman–Crippen MR) is 127 cm³/mol. The highest BCUT2D eigenvalue weighted by Crippen LogP contribution is 2.29. The Morgan fingerprint density at radius 1 is 1.16 bits per heavy atom. The van der Waals surface area contributed by atoms with Crippen molar-refractivity contribution in [3.63, 3.8) is 0 Å². The van der Waals surface area contributed by atoms with E-state index in [1.807, 2.05) is 18.5 Å². The standard InChI is InChI=1S/C23H30N8O/c1-2-6-25-22-21-17(12-19(28-22)16-5-11-32-15-16)13-27-23(30-21)29-20-4-3-18(14-26-20)31-9-7-24-8-10-31/h3-4,12-14,16,24H,2,5-11,15H2,1H3,(H,25,28)(H,26,27,29,30). The van der Waals surface area contributed by atoms with Crippen LogP contribution in [0.3, 0.4) is 0 Å². The number of piperazine rings is 1. The minimum absolute atomic E-state index is 0.331. The molecule has 9 heteroatoms. The number of pyridine rings is 2. The fourth-order valence-corrected chi connectivity index (χ4v) is 4.15. The monoisotopic (exact) mass is 434 g/mol. The topological polar surface area (TPSA) is 100 Å². The number of fused-ring (bicyclic) bond motifs is 1. The first-order valence-corrected chi connectivity index (χ1v) is 11.5. The van der Waals surface area contributed by atoms with Crippen molar-refractivity contribution in [2.45, 2.75) is 25.7 Å². The van der Waals surface area contributed by atoms with E-state index in [1.165, 1.54) is 0 Å². The van der Waals surface area contributed by atoms with E-state index in [4.69, 9.17) is 14.7 Å². The smallest absolute Gasteiger partial charge is 0.229 e. The summed E-state index contributed by atoms with van der Waals surface area (Å²) in [7, 11) is 0. The highest BCUT2D eigenvalue weighted by atomic mass is 16.5. The van der Waals surface area contributed by atoms with Crippen molar-refractivity contribution >= 4 is 34.2 Å². The summed E-state index contributed by atoms with van der Waals surface area (Å²) in [6.45, 7) is 8.50. The van der Waals surface area contributed by atoms with Crippen LogP contribution in [0.5, 0.6) is 0 Å². The van der Waals surface area contributed by atoms with Crippen LogP contribution in [0.15, 0.2) is 30.6 Å². The van der Waals surface area contributed by atoms with Gasteiger partial charge in [-0.1, -0.05) is 6.92 Å². The Morgan fingerprint density at radius 3 is 2.81 bits per heavy atom. The highest BCUT2D eigenvalue weighted by Gasteiger charge is 2.21. The number of aromatic nitrogens is 4. The Hall–Kier alpha value is -3.04. The molecule has 0 aromatic carbocycles. The molecule has 1 atom stereocenters. The first-order valence-electron chi connectivity index (χ1n) is 11.5. The molecule has 2 aliphatic heterocycles. The summed E-state index contributed by atoms with van der Waals surface area (Å²) in [6, 6.07) is 6.16. The molecule has 3 N–H and O–H groups in total. The van der Waals surface area contributed by atoms with Gasteiger partial charge in [-0.05, 0) is 31.0 Å². The normalized spacial score (nSPS) is 18.8. The Kier molecular flexibility index (Phi) is 6.27. The van der Waals surface area contributed by atoms with Crippen molar-refractivity contribution in [1.82, 2.24) is 25.3 Å². The van der Waals surface area contributed by atoms with Gasteiger partial charge in [0.2, 0.25) is 5.95 Å². The summed E-state index contributed by atoms with van der Waals surface area (Å²) in [5.74, 6) is 2.37. The second-order valence-corrected chi connectivity index (χ2v) is 8.28. The molecule has 0 amide bonds. The molecule has 0 radical (unpaired) electrons. The lowest BCUT2D eigenvalue weighted by Crippen LogP contribution is -2.43. The number of rotatable bonds is 7. The van der Waals surface area contributed by atoms with Gasteiger partial charge < -0.3 is 25.6 Å². The zero-order valence-corrected chi connectivity index (χ0v) is 18.5. The van der Waals surface area contributed by atoms with Crippen LogP contribution in [0.2, 0.25) is 0 Å². The quantitative estimate of drug-likeness (QED) is 0.518. The van der Waals surface area contributed by atoms with Crippen LogP contribution in [-0.2, 0) is 4.74 Å². The van der Waals surface area contributed by atoms with E-state index >= 15 is 0 Å². The van der Waals surface area contributed by atoms with E-state index in [9.17, 15) is 0 Å². The van der Waals surface area contributed by atoms with Gasteiger partial charge in [-0.2, -0.15) is 0 Å². The van der Waals surface area contributed by atoms with Crippen LogP contribution >= 0.6 is 0 Å². The molecule has 0 spiro atoms. The van der Waals surface area contributed by atoms with E-state index in [2.05, 4.69) is 49.9 Å². The summed E-state index contributed by atoms with van der Waals surface area (Å²) in [4.78, 5) is 21.1. The SMILES string of the molecule is CCCNc1nc(C2CCOC2)cc2cnc(Nc3ccc(N4CCNCC4)cn3)nc12. The second-order valence-electron chi connectivity index (χ2n) is 8.28. The summed E-state index contributed by atoms with van der Waals surface area (Å²) in [5, 5.41) is 11.0. The fraction of sp³-hybridized carbons (Fsp3) is 0.478. The molecular formula is C23H30N8O. The van der Waals surface area contributed by atoms with Crippen LogP contribution in [-0.4, -0.2) is 65.9 Å². The van der Waals surface area contributed by atoms with Gasteiger partial charge in [-0.15, -0.1) is 0 Å². The molecule has 2 aliphatic rings. The maximum absolute atomic E-state index is 5.56. The largest absolute Gasteiger partial charge is 0.381 e. The van der Waals surface area contributed by atoms with E-state index in [1.54, 1.807) is 0 Å². The molecule has 0 bridgehead atoms. The van der Waals surface area contributed by atoms with Crippen molar-refractivity contribution in [3.05, 3.63) is 36.3 Å². The predicted octanol–water partition coefficient (Wildman–Crippen LogP) is 2.90. The Morgan fingerprint density at radius 2 is 2.06 bits per heavy atom. The molecule has 2 saturated heterocycles. The molecule has 2 fully saturated rings. The Bertz CT molecular complexity index is 1050. The van der Waals surface area contributed by atoms with Gasteiger partial charge in [-0.3, -0.25) is 0 Å². The lowest BCUT2D eigenvalue weighted by Gasteiger charge is -2.29. The van der Waals surface area contributed by atoms with E-state index < -0.39 is 0 Å². The summed E-state index contributed by atoms with van der Waals surface area (Å²) in [5.41, 5.74) is 2.99. The molecule has 1 unspecified atom stereocenters. The van der Waals surface area contributed by atoms with Crippen LogP contribution in [0.25, 0.3) is 10.9 Å². The van der Waals surface area contributed by atoms with Crippen molar-refractivity contribution in [1.29, 1.82) is 0 Å². The lowest BCUT2D eigenvalue weighted by molar-refractivity contribution is 0.193. The number of anilines is 4. The minimum Gasteiger partial charge on any atom is -0.381 e. The summed E-state index contributed by atoms with van der Waals surface area (Å²) in [6.07, 6.45) is 5.78. The van der Waals surface area contributed by atoms with Crippen LogP contribution < -0.4 is 20.9 Å². The third-order valence-electron chi connectivity index (χ3n) is 5.95. The molecule has 5 heterocycles. The zero-order chi connectivity index (χ0) is 21.8. The lowest BCUT2D eigenvalue weighted by atomic mass is 10.0. The van der Waals surface area contributed by atoms with Crippen molar-refractivity contribution in [3.8, 4) is 0 Å². The molecule has 3 aromatic rings. The average Bonchev–Trinajstić information content (AvgIpc) is 3.39. The number of hydrogen-bond donors (Lipinski definition) is 3. The molecule has 0 aliphatic carbocycles. The van der Waals surface area contributed by atoms with Gasteiger partial charge in [0.05, 0.1) is 18.5 Å². The molecule has 168 valence electrons. The first-order chi connectivity index (χ1) is 15.8. The van der Waals surface area contributed by atoms with Gasteiger partial charge in [-0.25, -0.2) is 19.9 Å². The average molecular weight is 435 g/mol. The maximum atomic E-state index is 5.56.